The number of hydrogen-bond acceptors (Lipinski definition) is 4. The normalized spacial score (nSPS) is 31.4. The molecule has 7 atom stereocenters. The molecule has 3 fully saturated rings. The second kappa shape index (κ2) is 12.6. The largest absolute Gasteiger partial charge is 0.458 e. The number of esters is 2. The third-order valence-electron chi connectivity index (χ3n) is 12.4. The number of fused-ring (bicyclic) bond motifs is 5. The highest BCUT2D eigenvalue weighted by Gasteiger charge is 2.57. The fourth-order valence-corrected chi connectivity index (χ4v) is 9.82. The van der Waals surface area contributed by atoms with Gasteiger partial charge in [-0.1, -0.05) is 86.9 Å². The van der Waals surface area contributed by atoms with Crippen LogP contribution in [0.3, 0.4) is 0 Å². The van der Waals surface area contributed by atoms with Gasteiger partial charge in [-0.2, -0.15) is 0 Å². The van der Waals surface area contributed by atoms with Crippen LogP contribution in [0.5, 0.6) is 0 Å². The minimum Gasteiger partial charge on any atom is -0.458 e. The van der Waals surface area contributed by atoms with Gasteiger partial charge in [0, 0.05) is 6.42 Å². The molecule has 0 amide bonds. The molecule has 2 aromatic rings. The Morgan fingerprint density at radius 1 is 0.844 bits per heavy atom. The SMILES string of the molecule is C[C@H](CCCC(C)(C)OC(=O)c1ccccc1)[C@@H]1CC[C@@H]2C3=CC=C4C[C@H](OC(=O)c5ccccc5)CC[C@]4(C)[C@@H]3CC[C@@]21C. The minimum absolute atomic E-state index is 0.0376. The molecule has 2 aromatic carbocycles. The molecule has 45 heavy (non-hydrogen) atoms. The fourth-order valence-electron chi connectivity index (χ4n) is 9.82. The van der Waals surface area contributed by atoms with E-state index in [0.717, 1.165) is 38.0 Å². The fraction of sp³-hybridized carbons (Fsp3) is 0.561. The van der Waals surface area contributed by atoms with Gasteiger partial charge in [-0.15, -0.1) is 0 Å². The second-order valence-electron chi connectivity index (χ2n) is 15.6. The van der Waals surface area contributed by atoms with Crippen LogP contribution in [0.2, 0.25) is 0 Å². The van der Waals surface area contributed by atoms with Crippen molar-refractivity contribution in [1.29, 1.82) is 0 Å². The molecule has 0 unspecified atom stereocenters. The maximum Gasteiger partial charge on any atom is 0.338 e. The van der Waals surface area contributed by atoms with Crippen molar-refractivity contribution in [2.45, 2.75) is 111 Å². The van der Waals surface area contributed by atoms with Crippen LogP contribution >= 0.6 is 0 Å². The van der Waals surface area contributed by atoms with Crippen LogP contribution in [0.25, 0.3) is 0 Å². The first-order valence-electron chi connectivity index (χ1n) is 17.5. The predicted octanol–water partition coefficient (Wildman–Crippen LogP) is 10.2. The summed E-state index contributed by atoms with van der Waals surface area (Å²) < 4.78 is 11.9. The lowest BCUT2D eigenvalue weighted by atomic mass is 9.50. The van der Waals surface area contributed by atoms with Gasteiger partial charge in [0.15, 0.2) is 0 Å². The van der Waals surface area contributed by atoms with Crippen molar-refractivity contribution in [2.75, 3.05) is 0 Å². The zero-order valence-corrected chi connectivity index (χ0v) is 28.0. The number of hydrogen-bond donors (Lipinski definition) is 0. The molecular weight excluding hydrogens is 556 g/mol. The summed E-state index contributed by atoms with van der Waals surface area (Å²) in [6, 6.07) is 18.7. The first kappa shape index (κ1) is 31.8. The van der Waals surface area contributed by atoms with Crippen molar-refractivity contribution in [3.05, 3.63) is 95.1 Å². The molecular formula is C41H52O4. The van der Waals surface area contributed by atoms with Crippen LogP contribution in [-0.2, 0) is 9.47 Å². The van der Waals surface area contributed by atoms with Crippen LogP contribution in [0, 0.1) is 34.5 Å². The van der Waals surface area contributed by atoms with Crippen LogP contribution in [0.1, 0.15) is 120 Å². The van der Waals surface area contributed by atoms with Crippen LogP contribution < -0.4 is 0 Å². The highest BCUT2D eigenvalue weighted by Crippen LogP contribution is 2.66. The van der Waals surface area contributed by atoms with Gasteiger partial charge in [0.2, 0.25) is 0 Å². The number of carbonyl (C=O) groups is 2. The smallest absolute Gasteiger partial charge is 0.338 e. The van der Waals surface area contributed by atoms with E-state index in [4.69, 9.17) is 9.47 Å². The van der Waals surface area contributed by atoms with E-state index >= 15 is 0 Å². The van der Waals surface area contributed by atoms with E-state index in [2.05, 4.69) is 32.9 Å². The van der Waals surface area contributed by atoms with Gasteiger partial charge in [0.05, 0.1) is 11.1 Å². The van der Waals surface area contributed by atoms with Gasteiger partial charge in [-0.05, 0) is 124 Å². The molecule has 6 rings (SSSR count). The average molecular weight is 609 g/mol. The van der Waals surface area contributed by atoms with Gasteiger partial charge < -0.3 is 9.47 Å². The van der Waals surface area contributed by atoms with Crippen molar-refractivity contribution in [1.82, 2.24) is 0 Å². The number of carbonyl (C=O) groups excluding carboxylic acids is 2. The molecule has 0 N–H and O–H groups in total. The van der Waals surface area contributed by atoms with Crippen molar-refractivity contribution in [3.8, 4) is 0 Å². The molecule has 0 aromatic heterocycles. The molecule has 4 aliphatic rings. The van der Waals surface area contributed by atoms with Crippen LogP contribution in [0.15, 0.2) is 84.0 Å². The van der Waals surface area contributed by atoms with E-state index in [1.165, 1.54) is 37.7 Å². The summed E-state index contributed by atoms with van der Waals surface area (Å²) in [5.41, 5.74) is 4.49. The van der Waals surface area contributed by atoms with Crippen molar-refractivity contribution in [3.63, 3.8) is 0 Å². The molecule has 0 aliphatic heterocycles. The van der Waals surface area contributed by atoms with E-state index < -0.39 is 5.60 Å². The molecule has 0 heterocycles. The van der Waals surface area contributed by atoms with Crippen molar-refractivity contribution >= 4 is 11.9 Å². The summed E-state index contributed by atoms with van der Waals surface area (Å²) in [5.74, 6) is 2.22. The Morgan fingerprint density at radius 3 is 2.20 bits per heavy atom. The van der Waals surface area contributed by atoms with E-state index in [-0.39, 0.29) is 23.5 Å². The van der Waals surface area contributed by atoms with E-state index in [9.17, 15) is 9.59 Å². The topological polar surface area (TPSA) is 52.6 Å². The summed E-state index contributed by atoms with van der Waals surface area (Å²) in [6.45, 7) is 11.7. The molecule has 0 radical (unpaired) electrons. The van der Waals surface area contributed by atoms with Gasteiger partial charge in [-0.25, -0.2) is 9.59 Å². The highest BCUT2D eigenvalue weighted by molar-refractivity contribution is 5.90. The molecule has 0 saturated heterocycles. The Hall–Kier alpha value is -3.14. The monoisotopic (exact) mass is 608 g/mol. The summed E-state index contributed by atoms with van der Waals surface area (Å²) >= 11 is 0. The van der Waals surface area contributed by atoms with Gasteiger partial charge in [0.25, 0.3) is 0 Å². The minimum atomic E-state index is -0.474. The number of benzene rings is 2. The molecule has 0 bridgehead atoms. The predicted molar refractivity (Wildman–Crippen MR) is 180 cm³/mol. The Kier molecular flexibility index (Phi) is 8.89. The van der Waals surface area contributed by atoms with Crippen molar-refractivity contribution < 1.29 is 19.1 Å². The quantitative estimate of drug-likeness (QED) is 0.266. The lowest BCUT2D eigenvalue weighted by Gasteiger charge is -2.55. The molecule has 4 nitrogen and oxygen atoms in total. The van der Waals surface area contributed by atoms with Crippen molar-refractivity contribution in [2.24, 2.45) is 34.5 Å². The van der Waals surface area contributed by atoms with Gasteiger partial charge >= 0.3 is 11.9 Å². The first-order chi connectivity index (χ1) is 21.5. The summed E-state index contributed by atoms with van der Waals surface area (Å²) in [6.07, 6.45) is 16.0. The maximum absolute atomic E-state index is 12.8. The molecule has 3 saturated carbocycles. The zero-order valence-electron chi connectivity index (χ0n) is 28.0. The molecule has 4 heteroatoms. The van der Waals surface area contributed by atoms with E-state index in [1.807, 2.05) is 74.5 Å². The number of ether oxygens (including phenoxy) is 2. The maximum atomic E-state index is 12.8. The van der Waals surface area contributed by atoms with Gasteiger partial charge in [0.1, 0.15) is 11.7 Å². The number of allylic oxidation sites excluding steroid dienone is 3. The highest BCUT2D eigenvalue weighted by atomic mass is 16.6. The summed E-state index contributed by atoms with van der Waals surface area (Å²) in [5, 5.41) is 0. The number of rotatable bonds is 9. The Bertz CT molecular complexity index is 1440. The summed E-state index contributed by atoms with van der Waals surface area (Å²) in [7, 11) is 0. The molecule has 4 aliphatic carbocycles. The van der Waals surface area contributed by atoms with Crippen LogP contribution in [-0.4, -0.2) is 23.6 Å². The zero-order chi connectivity index (χ0) is 31.8. The lowest BCUT2D eigenvalue weighted by Crippen LogP contribution is -2.46. The first-order valence-corrected chi connectivity index (χ1v) is 17.5. The van der Waals surface area contributed by atoms with E-state index in [0.29, 0.717) is 34.3 Å². The second-order valence-corrected chi connectivity index (χ2v) is 15.6. The molecule has 0 spiro atoms. The van der Waals surface area contributed by atoms with E-state index in [1.54, 1.807) is 5.57 Å². The lowest BCUT2D eigenvalue weighted by molar-refractivity contribution is -0.00745. The third-order valence-corrected chi connectivity index (χ3v) is 12.4. The summed E-state index contributed by atoms with van der Waals surface area (Å²) in [4.78, 5) is 25.4. The van der Waals surface area contributed by atoms with Crippen LogP contribution in [0.4, 0.5) is 0 Å². The standard InChI is InChI=1S/C41H52O4/c1-28(13-12-24-39(2,3)45-38(43)30-16-10-7-11-17-30)34-20-21-35-33-19-18-31-27-32(44-37(42)29-14-8-6-9-15-29)22-25-40(31,4)36(33)23-26-41(34,35)5/h6-11,14-19,28,32,34-36H,12-13,20-27H2,1-5H3/t28-,32-,34+,35-,36-,40+,41-/m1/s1. The Morgan fingerprint density at radius 2 is 1.51 bits per heavy atom. The Balaban J connectivity index is 1.07. The molecule has 240 valence electrons. The third kappa shape index (κ3) is 6.31. The van der Waals surface area contributed by atoms with Gasteiger partial charge in [-0.3, -0.25) is 0 Å². The Labute approximate surface area is 270 Å². The average Bonchev–Trinajstić information content (AvgIpc) is 3.39.